The fourth-order valence-corrected chi connectivity index (χ4v) is 2.76. The van der Waals surface area contributed by atoms with Gasteiger partial charge in [-0.05, 0) is 31.9 Å². The molecule has 1 amide bonds. The smallest absolute Gasteiger partial charge is 0.269 e. The number of carbonyl (C=O) groups excluding carboxylic acids is 1. The highest BCUT2D eigenvalue weighted by Crippen LogP contribution is 2.28. The third kappa shape index (κ3) is 3.71. The second-order valence-electron chi connectivity index (χ2n) is 5.15. The number of nitrogens with two attached hydrogens (primary N) is 1. The first-order chi connectivity index (χ1) is 9.40. The lowest BCUT2D eigenvalue weighted by Gasteiger charge is -2.27. The number of benzene rings is 1. The molecule has 7 heteroatoms. The predicted molar refractivity (Wildman–Crippen MR) is 77.6 cm³/mol. The van der Waals surface area contributed by atoms with Gasteiger partial charge in [0.15, 0.2) is 0 Å². The van der Waals surface area contributed by atoms with Crippen LogP contribution in [0.25, 0.3) is 0 Å². The average Bonchev–Trinajstić information content (AvgIpc) is 3.20. The highest BCUT2D eigenvalue weighted by atomic mass is 32.2. The maximum atomic E-state index is 11.6. The number of amides is 1. The molecule has 1 saturated carbocycles. The minimum absolute atomic E-state index is 0.0584. The van der Waals surface area contributed by atoms with E-state index in [9.17, 15) is 14.9 Å². The summed E-state index contributed by atoms with van der Waals surface area (Å²) in [5, 5.41) is 13.8. The molecular weight excluding hydrogens is 278 g/mol. The van der Waals surface area contributed by atoms with Crippen molar-refractivity contribution in [1.29, 1.82) is 0 Å². The molecule has 6 nitrogen and oxygen atoms in total. The topological polar surface area (TPSA) is 98.3 Å². The van der Waals surface area contributed by atoms with Crippen molar-refractivity contribution in [2.45, 2.75) is 36.2 Å². The standard InChI is InChI=1S/C13H17N3O3S/c1-13(12(14)17,15-9-2-3-9)8-20-11-6-4-10(5-7-11)16(18)19/h4-7,9,15H,2-3,8H2,1H3,(H2,14,17). The van der Waals surface area contributed by atoms with E-state index < -0.39 is 10.5 Å². The first-order valence-electron chi connectivity index (χ1n) is 6.35. The Balaban J connectivity index is 1.97. The highest BCUT2D eigenvalue weighted by Gasteiger charge is 2.36. The number of primary amides is 1. The minimum Gasteiger partial charge on any atom is -0.368 e. The van der Waals surface area contributed by atoms with Gasteiger partial charge in [-0.25, -0.2) is 0 Å². The third-order valence-corrected chi connectivity index (χ3v) is 4.55. The minimum atomic E-state index is -0.756. The van der Waals surface area contributed by atoms with E-state index in [1.54, 1.807) is 19.1 Å². The molecule has 0 aromatic heterocycles. The molecule has 1 fully saturated rings. The predicted octanol–water partition coefficient (Wildman–Crippen LogP) is 1.68. The van der Waals surface area contributed by atoms with E-state index in [0.29, 0.717) is 11.8 Å². The number of hydrogen-bond acceptors (Lipinski definition) is 5. The normalized spacial score (nSPS) is 17.4. The van der Waals surface area contributed by atoms with Crippen molar-refractivity contribution in [2.24, 2.45) is 5.73 Å². The maximum Gasteiger partial charge on any atom is 0.269 e. The number of rotatable bonds is 7. The van der Waals surface area contributed by atoms with Crippen LogP contribution in [0, 0.1) is 10.1 Å². The molecule has 0 bridgehead atoms. The molecular formula is C13H17N3O3S. The lowest BCUT2D eigenvalue weighted by atomic mass is 10.1. The van der Waals surface area contributed by atoms with Crippen molar-refractivity contribution in [2.75, 3.05) is 5.75 Å². The van der Waals surface area contributed by atoms with E-state index in [2.05, 4.69) is 5.32 Å². The Labute approximate surface area is 121 Å². The number of nitrogens with one attached hydrogen (secondary N) is 1. The van der Waals surface area contributed by atoms with E-state index in [0.717, 1.165) is 17.7 Å². The van der Waals surface area contributed by atoms with Crippen LogP contribution >= 0.6 is 11.8 Å². The molecule has 1 aromatic carbocycles. The molecule has 20 heavy (non-hydrogen) atoms. The fraction of sp³-hybridized carbons (Fsp3) is 0.462. The zero-order chi connectivity index (χ0) is 14.8. The molecule has 0 radical (unpaired) electrons. The number of nitro benzene ring substituents is 1. The Morgan fingerprint density at radius 2 is 2.10 bits per heavy atom. The van der Waals surface area contributed by atoms with Gasteiger partial charge in [0, 0.05) is 28.8 Å². The summed E-state index contributed by atoms with van der Waals surface area (Å²) in [6.07, 6.45) is 2.15. The summed E-state index contributed by atoms with van der Waals surface area (Å²) < 4.78 is 0. The number of nitrogens with zero attached hydrogens (tertiary/aromatic N) is 1. The number of nitro groups is 1. The summed E-state index contributed by atoms with van der Waals surface area (Å²) in [4.78, 5) is 22.6. The monoisotopic (exact) mass is 295 g/mol. The molecule has 0 spiro atoms. The van der Waals surface area contributed by atoms with Crippen LogP contribution in [0.15, 0.2) is 29.2 Å². The van der Waals surface area contributed by atoms with E-state index in [-0.39, 0.29) is 11.6 Å². The van der Waals surface area contributed by atoms with Gasteiger partial charge in [-0.1, -0.05) is 0 Å². The van der Waals surface area contributed by atoms with Crippen molar-refractivity contribution in [3.63, 3.8) is 0 Å². The Hall–Kier alpha value is -1.60. The Kier molecular flexibility index (Phi) is 4.29. The van der Waals surface area contributed by atoms with Gasteiger partial charge >= 0.3 is 0 Å². The molecule has 1 aliphatic rings. The molecule has 1 aromatic rings. The quantitative estimate of drug-likeness (QED) is 0.453. The van der Waals surface area contributed by atoms with Gasteiger partial charge in [0.2, 0.25) is 5.91 Å². The summed E-state index contributed by atoms with van der Waals surface area (Å²) in [7, 11) is 0. The van der Waals surface area contributed by atoms with Gasteiger partial charge in [-0.3, -0.25) is 14.9 Å². The number of hydrogen-bond donors (Lipinski definition) is 2. The molecule has 0 saturated heterocycles. The molecule has 2 rings (SSSR count). The number of thioether (sulfide) groups is 1. The first kappa shape index (κ1) is 14.8. The van der Waals surface area contributed by atoms with Crippen LogP contribution in [0.3, 0.4) is 0 Å². The summed E-state index contributed by atoms with van der Waals surface area (Å²) >= 11 is 1.46. The van der Waals surface area contributed by atoms with Gasteiger partial charge < -0.3 is 11.1 Å². The third-order valence-electron chi connectivity index (χ3n) is 3.22. The van der Waals surface area contributed by atoms with Crippen molar-refractivity contribution in [3.05, 3.63) is 34.4 Å². The SMILES string of the molecule is CC(CSc1ccc([N+](=O)[O-])cc1)(NC1CC1)C(N)=O. The van der Waals surface area contributed by atoms with Crippen molar-refractivity contribution >= 4 is 23.4 Å². The summed E-state index contributed by atoms with van der Waals surface area (Å²) in [5.41, 5.74) is 4.77. The van der Waals surface area contributed by atoms with Gasteiger partial charge in [0.25, 0.3) is 5.69 Å². The molecule has 1 unspecified atom stereocenters. The van der Waals surface area contributed by atoms with Crippen molar-refractivity contribution in [3.8, 4) is 0 Å². The maximum absolute atomic E-state index is 11.6. The fourth-order valence-electron chi connectivity index (χ4n) is 1.75. The molecule has 0 aliphatic heterocycles. The van der Waals surface area contributed by atoms with Crippen LogP contribution in [-0.4, -0.2) is 28.2 Å². The van der Waals surface area contributed by atoms with E-state index in [1.807, 2.05) is 0 Å². The zero-order valence-electron chi connectivity index (χ0n) is 11.2. The van der Waals surface area contributed by atoms with Crippen LogP contribution in [0.4, 0.5) is 5.69 Å². The van der Waals surface area contributed by atoms with Gasteiger partial charge in [-0.2, -0.15) is 0 Å². The van der Waals surface area contributed by atoms with Gasteiger partial charge in [0.05, 0.1) is 4.92 Å². The zero-order valence-corrected chi connectivity index (χ0v) is 12.0. The number of carbonyl (C=O) groups is 1. The summed E-state index contributed by atoms with van der Waals surface area (Å²) in [6.45, 7) is 1.80. The summed E-state index contributed by atoms with van der Waals surface area (Å²) in [5.74, 6) is 0.121. The highest BCUT2D eigenvalue weighted by molar-refractivity contribution is 7.99. The van der Waals surface area contributed by atoms with E-state index >= 15 is 0 Å². The number of non-ortho nitro benzene ring substituents is 1. The second kappa shape index (κ2) is 5.80. The van der Waals surface area contributed by atoms with Crippen LogP contribution in [0.5, 0.6) is 0 Å². The first-order valence-corrected chi connectivity index (χ1v) is 7.34. The lowest BCUT2D eigenvalue weighted by molar-refractivity contribution is -0.384. The second-order valence-corrected chi connectivity index (χ2v) is 6.20. The van der Waals surface area contributed by atoms with E-state index in [4.69, 9.17) is 5.73 Å². The van der Waals surface area contributed by atoms with Crippen molar-refractivity contribution < 1.29 is 9.72 Å². The largest absolute Gasteiger partial charge is 0.368 e. The van der Waals surface area contributed by atoms with E-state index in [1.165, 1.54) is 23.9 Å². The molecule has 1 atom stereocenters. The Morgan fingerprint density at radius 3 is 2.55 bits per heavy atom. The van der Waals surface area contributed by atoms with Gasteiger partial charge in [-0.15, -0.1) is 11.8 Å². The van der Waals surface area contributed by atoms with Crippen LogP contribution in [0.2, 0.25) is 0 Å². The summed E-state index contributed by atoms with van der Waals surface area (Å²) in [6, 6.07) is 6.66. The Bertz CT molecular complexity index is 516. The molecule has 1 aliphatic carbocycles. The molecule has 3 N–H and O–H groups in total. The average molecular weight is 295 g/mol. The molecule has 108 valence electrons. The van der Waals surface area contributed by atoms with Crippen LogP contribution < -0.4 is 11.1 Å². The molecule has 0 heterocycles. The van der Waals surface area contributed by atoms with Gasteiger partial charge in [0.1, 0.15) is 5.54 Å². The van der Waals surface area contributed by atoms with Crippen LogP contribution in [0.1, 0.15) is 19.8 Å². The Morgan fingerprint density at radius 1 is 1.50 bits per heavy atom. The lowest BCUT2D eigenvalue weighted by Crippen LogP contribution is -2.55. The van der Waals surface area contributed by atoms with Crippen LogP contribution in [-0.2, 0) is 4.79 Å². The van der Waals surface area contributed by atoms with Crippen molar-refractivity contribution in [1.82, 2.24) is 5.32 Å².